The minimum Gasteiger partial charge on any atom is -0.0620 e. The molecule has 0 radical (unpaired) electrons. The fourth-order valence-corrected chi connectivity index (χ4v) is 22.2. The van der Waals surface area contributed by atoms with Crippen molar-refractivity contribution in [3.05, 3.63) is 291 Å². The van der Waals surface area contributed by atoms with E-state index in [-0.39, 0.29) is 0 Å². The monoisotopic (exact) mass is 1150 g/mol. The van der Waals surface area contributed by atoms with E-state index < -0.39 is 16.1 Å². The van der Waals surface area contributed by atoms with Crippen molar-refractivity contribution in [3.8, 4) is 89.0 Å². The van der Waals surface area contributed by atoms with E-state index in [1.807, 2.05) is 0 Å². The maximum Gasteiger partial charge on any atom is 0.113 e. The summed E-state index contributed by atoms with van der Waals surface area (Å²) < 4.78 is 0. The van der Waals surface area contributed by atoms with Crippen LogP contribution in [0.5, 0.6) is 0 Å². The van der Waals surface area contributed by atoms with E-state index in [1.165, 1.54) is 175 Å². The topological polar surface area (TPSA) is 0 Å². The minimum atomic E-state index is -2.20. The Labute approximate surface area is 515 Å². The molecule has 412 valence electrons. The van der Waals surface area contributed by atoms with E-state index in [9.17, 15) is 0 Å². The molecule has 0 atom stereocenters. The Morgan fingerprint density at radius 1 is 0.182 bits per heavy atom. The molecule has 0 saturated heterocycles. The van der Waals surface area contributed by atoms with E-state index in [4.69, 9.17) is 0 Å². The van der Waals surface area contributed by atoms with Gasteiger partial charge in [0.2, 0.25) is 0 Å². The SMILES string of the molecule is C[Si]1(C)c2cc(-c3ccc(-c4c5ccccc5c(-c5ccc6ccccc6c5)c5ccccc45)cc3)ccc2-c2ccc3c4c(ccc1c24)[Si](C)(C)c1cc(-c2ccc(-c4c5ccccc5c(-c5ccc6ccccc6c5)c5ccccc45)cc2)ccc1-3. The van der Waals surface area contributed by atoms with Crippen molar-refractivity contribution in [1.29, 1.82) is 0 Å². The number of hydrogen-bond donors (Lipinski definition) is 0. The van der Waals surface area contributed by atoms with Gasteiger partial charge >= 0.3 is 0 Å². The molecule has 18 rings (SSSR count). The van der Waals surface area contributed by atoms with Crippen LogP contribution in [0.4, 0.5) is 0 Å². The molecule has 0 saturated carbocycles. The summed E-state index contributed by atoms with van der Waals surface area (Å²) in [6, 6.07) is 111. The maximum atomic E-state index is 2.59. The van der Waals surface area contributed by atoms with Crippen LogP contribution in [0.15, 0.2) is 291 Å². The second-order valence-corrected chi connectivity index (χ2v) is 34.5. The van der Waals surface area contributed by atoms with Gasteiger partial charge in [-0.1, -0.05) is 305 Å². The molecule has 16 aromatic rings. The lowest BCUT2D eigenvalue weighted by Gasteiger charge is -2.39. The van der Waals surface area contributed by atoms with Crippen LogP contribution in [-0.2, 0) is 0 Å². The van der Waals surface area contributed by atoms with Gasteiger partial charge in [0, 0.05) is 0 Å². The van der Waals surface area contributed by atoms with Gasteiger partial charge < -0.3 is 0 Å². The van der Waals surface area contributed by atoms with E-state index >= 15 is 0 Å². The van der Waals surface area contributed by atoms with Crippen LogP contribution < -0.4 is 20.7 Å². The van der Waals surface area contributed by atoms with Gasteiger partial charge in [0.1, 0.15) is 16.1 Å². The number of rotatable bonds is 6. The van der Waals surface area contributed by atoms with Gasteiger partial charge in [-0.05, 0) is 197 Å². The Hall–Kier alpha value is -10.2. The Bertz CT molecular complexity index is 5200. The predicted molar refractivity (Wildman–Crippen MR) is 386 cm³/mol. The smallest absolute Gasteiger partial charge is 0.0620 e. The highest BCUT2D eigenvalue weighted by atomic mass is 28.3. The van der Waals surface area contributed by atoms with E-state index in [1.54, 1.807) is 10.4 Å². The Morgan fingerprint density at radius 2 is 0.443 bits per heavy atom. The zero-order chi connectivity index (χ0) is 58.6. The third-order valence-electron chi connectivity index (χ3n) is 20.4. The van der Waals surface area contributed by atoms with Crippen LogP contribution in [0, 0.1) is 0 Å². The van der Waals surface area contributed by atoms with Gasteiger partial charge in [-0.2, -0.15) is 0 Å². The van der Waals surface area contributed by atoms with Gasteiger partial charge in [-0.15, -0.1) is 0 Å². The van der Waals surface area contributed by atoms with Gasteiger partial charge in [-0.3, -0.25) is 0 Å². The average Bonchev–Trinajstić information content (AvgIpc) is 0.734. The maximum absolute atomic E-state index is 2.59. The van der Waals surface area contributed by atoms with Crippen molar-refractivity contribution in [1.82, 2.24) is 0 Å². The summed E-state index contributed by atoms with van der Waals surface area (Å²) in [5, 5.41) is 24.4. The van der Waals surface area contributed by atoms with Crippen molar-refractivity contribution in [2.45, 2.75) is 26.2 Å². The molecule has 2 aliphatic rings. The minimum absolute atomic E-state index is 1.24. The second-order valence-electron chi connectivity index (χ2n) is 25.8. The highest BCUT2D eigenvalue weighted by molar-refractivity contribution is 7.06. The summed E-state index contributed by atoms with van der Waals surface area (Å²) >= 11 is 0. The molecule has 0 nitrogen and oxygen atoms in total. The molecule has 2 heteroatoms. The zero-order valence-electron chi connectivity index (χ0n) is 49.7. The summed E-state index contributed by atoms with van der Waals surface area (Å²) in [4.78, 5) is 0. The molecular weight excluding hydrogens is 1090 g/mol. The summed E-state index contributed by atoms with van der Waals surface area (Å²) in [6.07, 6.45) is 0. The van der Waals surface area contributed by atoms with Crippen LogP contribution >= 0.6 is 0 Å². The van der Waals surface area contributed by atoms with Gasteiger partial charge in [0.05, 0.1) is 0 Å². The summed E-state index contributed by atoms with van der Waals surface area (Å²) in [5.41, 5.74) is 20.8. The molecule has 88 heavy (non-hydrogen) atoms. The molecule has 0 aliphatic carbocycles. The lowest BCUT2D eigenvalue weighted by atomic mass is 9.85. The molecule has 16 aromatic carbocycles. The van der Waals surface area contributed by atoms with Crippen LogP contribution in [0.25, 0.3) is 164 Å². The summed E-state index contributed by atoms with van der Waals surface area (Å²) in [6.45, 7) is 10.4. The van der Waals surface area contributed by atoms with Crippen molar-refractivity contribution >= 4 is 112 Å². The Morgan fingerprint density at radius 3 is 0.784 bits per heavy atom. The standard InChI is InChI=1S/C86H60Si2/c1-87(2)77-47-48-78-86-76(66-44-42-62(52-80(66)88(78,3)4)56-31-37-58(38-32-56)82-69-23-11-15-27-73(69)84(74-28-16-12-24-70(74)82)64-40-34-54-18-6-8-20-60(54)50-64)46-45-75(85(77)86)65-43-41-61(51-79(65)87)55-29-35-57(36-30-55)81-67-21-9-13-25-71(67)83(72-26-14-10-22-68(72)81)63-39-33-53-17-5-7-19-59(53)49-63/h5-52H,1-4H3. The molecule has 2 aliphatic heterocycles. The first-order valence-corrected chi connectivity index (χ1v) is 37.1. The largest absolute Gasteiger partial charge is 0.113 e. The van der Waals surface area contributed by atoms with Gasteiger partial charge in [0.25, 0.3) is 0 Å². The molecule has 0 fully saturated rings. The first-order chi connectivity index (χ1) is 43.2. The fourth-order valence-electron chi connectivity index (χ4n) is 16.1. The van der Waals surface area contributed by atoms with Crippen molar-refractivity contribution in [2.75, 3.05) is 0 Å². The molecule has 0 amide bonds. The van der Waals surface area contributed by atoms with Gasteiger partial charge in [-0.25, -0.2) is 0 Å². The van der Waals surface area contributed by atoms with E-state index in [0.29, 0.717) is 0 Å². The molecule has 0 N–H and O–H groups in total. The third kappa shape index (κ3) is 7.49. The van der Waals surface area contributed by atoms with Crippen LogP contribution in [0.2, 0.25) is 26.2 Å². The number of fused-ring (bicyclic) bond motifs is 10. The first-order valence-electron chi connectivity index (χ1n) is 31.1. The number of benzene rings is 16. The molecule has 0 bridgehead atoms. The summed E-state index contributed by atoms with van der Waals surface area (Å²) in [7, 11) is -4.40. The van der Waals surface area contributed by atoms with Crippen LogP contribution in [0.3, 0.4) is 0 Å². The second kappa shape index (κ2) is 19.1. The lowest BCUT2D eigenvalue weighted by molar-refractivity contribution is 1.57. The third-order valence-corrected chi connectivity index (χ3v) is 27.5. The molecule has 0 unspecified atom stereocenters. The quantitative estimate of drug-likeness (QED) is 0.115. The molecule has 2 heterocycles. The van der Waals surface area contributed by atoms with Crippen LogP contribution in [0.1, 0.15) is 0 Å². The highest BCUT2D eigenvalue weighted by Crippen LogP contribution is 2.48. The van der Waals surface area contributed by atoms with Crippen molar-refractivity contribution in [3.63, 3.8) is 0 Å². The lowest BCUT2D eigenvalue weighted by Crippen LogP contribution is -2.59. The average molecular weight is 1150 g/mol. The summed E-state index contributed by atoms with van der Waals surface area (Å²) in [5.74, 6) is 0. The van der Waals surface area contributed by atoms with E-state index in [2.05, 4.69) is 317 Å². The first kappa shape index (κ1) is 51.0. The van der Waals surface area contributed by atoms with Crippen molar-refractivity contribution in [2.24, 2.45) is 0 Å². The van der Waals surface area contributed by atoms with Crippen LogP contribution in [-0.4, -0.2) is 16.1 Å². The normalized spacial score (nSPS) is 13.6. The molecular formula is C86H60Si2. The zero-order valence-corrected chi connectivity index (χ0v) is 51.7. The highest BCUT2D eigenvalue weighted by Gasteiger charge is 2.41. The van der Waals surface area contributed by atoms with Gasteiger partial charge in [0.15, 0.2) is 0 Å². The molecule has 0 aromatic heterocycles. The van der Waals surface area contributed by atoms with E-state index in [0.717, 1.165) is 0 Å². The molecule has 0 spiro atoms. The number of hydrogen-bond acceptors (Lipinski definition) is 0. The predicted octanol–water partition coefficient (Wildman–Crippen LogP) is 21.4. The Balaban J connectivity index is 0.686. The van der Waals surface area contributed by atoms with Crippen molar-refractivity contribution < 1.29 is 0 Å². The Kier molecular flexibility index (Phi) is 11.1. The fraction of sp³-hybridized carbons (Fsp3) is 0.0465.